The Morgan fingerprint density at radius 3 is 2.50 bits per heavy atom. The van der Waals surface area contributed by atoms with Gasteiger partial charge in [-0.3, -0.25) is 9.59 Å². The predicted molar refractivity (Wildman–Crippen MR) is 71.4 cm³/mol. The van der Waals surface area contributed by atoms with Gasteiger partial charge in [-0.25, -0.2) is 0 Å². The molecule has 2 atom stereocenters. The second kappa shape index (κ2) is 4.65. The number of aryl methyl sites for hydroxylation is 2. The monoisotopic (exact) mass is 277 g/mol. The molecule has 5 nitrogen and oxygen atoms in total. The lowest BCUT2D eigenvalue weighted by atomic mass is 9.92. The minimum absolute atomic E-state index is 0.104. The van der Waals surface area contributed by atoms with Gasteiger partial charge in [0.05, 0.1) is 5.92 Å². The van der Waals surface area contributed by atoms with Gasteiger partial charge in [0, 0.05) is 18.7 Å². The Kier molecular flexibility index (Phi) is 3.07. The maximum Gasteiger partial charge on any atom is 0.308 e. The van der Waals surface area contributed by atoms with Gasteiger partial charge in [-0.05, 0) is 44.6 Å². The Hall–Kier alpha value is -1.78. The summed E-state index contributed by atoms with van der Waals surface area (Å²) in [7, 11) is 0. The lowest BCUT2D eigenvalue weighted by Gasteiger charge is -2.15. The van der Waals surface area contributed by atoms with Gasteiger partial charge < -0.3 is 14.4 Å². The summed E-state index contributed by atoms with van der Waals surface area (Å²) >= 11 is 0. The molecular weight excluding hydrogens is 258 g/mol. The molecule has 1 aromatic rings. The molecule has 20 heavy (non-hydrogen) atoms. The molecule has 1 amide bonds. The van der Waals surface area contributed by atoms with Gasteiger partial charge >= 0.3 is 5.97 Å². The molecule has 0 aromatic carbocycles. The van der Waals surface area contributed by atoms with Crippen LogP contribution in [0.2, 0.25) is 0 Å². The fraction of sp³-hybridized carbons (Fsp3) is 0.600. The molecule has 1 aliphatic heterocycles. The van der Waals surface area contributed by atoms with Gasteiger partial charge in [-0.1, -0.05) is 0 Å². The van der Waals surface area contributed by atoms with E-state index in [4.69, 9.17) is 4.42 Å². The van der Waals surface area contributed by atoms with Crippen LogP contribution in [0.1, 0.15) is 34.7 Å². The summed E-state index contributed by atoms with van der Waals surface area (Å²) in [6.07, 6.45) is 2.19. The molecule has 0 spiro atoms. The second-order valence-corrected chi connectivity index (χ2v) is 6.03. The second-order valence-electron chi connectivity index (χ2n) is 6.03. The van der Waals surface area contributed by atoms with Crippen molar-refractivity contribution in [2.24, 2.45) is 17.8 Å². The Morgan fingerprint density at radius 2 is 2.00 bits per heavy atom. The van der Waals surface area contributed by atoms with Crippen molar-refractivity contribution in [3.05, 3.63) is 23.2 Å². The fourth-order valence-electron chi connectivity index (χ4n) is 3.26. The number of hydrogen-bond acceptors (Lipinski definition) is 3. The maximum atomic E-state index is 12.5. The van der Waals surface area contributed by atoms with Crippen LogP contribution in [0.5, 0.6) is 0 Å². The Balaban J connectivity index is 1.79. The average Bonchev–Trinajstić information content (AvgIpc) is 3.03. The van der Waals surface area contributed by atoms with Gasteiger partial charge in [-0.2, -0.15) is 0 Å². The maximum absolute atomic E-state index is 12.5. The Labute approximate surface area is 117 Å². The van der Waals surface area contributed by atoms with Crippen LogP contribution < -0.4 is 0 Å². The van der Waals surface area contributed by atoms with Crippen molar-refractivity contribution in [1.82, 2.24) is 4.90 Å². The van der Waals surface area contributed by atoms with Gasteiger partial charge in [-0.15, -0.1) is 0 Å². The third kappa shape index (κ3) is 2.21. The lowest BCUT2D eigenvalue weighted by Crippen LogP contribution is -2.30. The van der Waals surface area contributed by atoms with Crippen molar-refractivity contribution in [1.29, 1.82) is 0 Å². The van der Waals surface area contributed by atoms with Gasteiger partial charge in [0.25, 0.3) is 5.91 Å². The van der Waals surface area contributed by atoms with Gasteiger partial charge in [0.1, 0.15) is 5.76 Å². The highest BCUT2D eigenvalue weighted by molar-refractivity contribution is 5.93. The number of rotatable bonds is 3. The van der Waals surface area contributed by atoms with E-state index in [-0.39, 0.29) is 11.8 Å². The number of furan rings is 1. The van der Waals surface area contributed by atoms with E-state index < -0.39 is 11.9 Å². The van der Waals surface area contributed by atoms with Crippen LogP contribution in [0.4, 0.5) is 0 Å². The molecule has 3 rings (SSSR count). The van der Waals surface area contributed by atoms with Crippen LogP contribution in [0.25, 0.3) is 0 Å². The highest BCUT2D eigenvalue weighted by Crippen LogP contribution is 2.44. The number of likely N-dealkylation sites (tertiary alicyclic amines) is 1. The summed E-state index contributed by atoms with van der Waals surface area (Å²) in [4.78, 5) is 25.5. The van der Waals surface area contributed by atoms with Crippen LogP contribution in [0.15, 0.2) is 10.5 Å². The van der Waals surface area contributed by atoms with E-state index in [0.29, 0.717) is 30.5 Å². The van der Waals surface area contributed by atoms with Crippen LogP contribution >= 0.6 is 0 Å². The average molecular weight is 277 g/mol. The van der Waals surface area contributed by atoms with Gasteiger partial charge in [0.15, 0.2) is 5.76 Å². The SMILES string of the molecule is Cc1cc(C)c(C(=O)N2C[C@H](C(=O)O)[C@@H](C3CC3)C2)o1. The van der Waals surface area contributed by atoms with Crippen molar-refractivity contribution in [2.45, 2.75) is 26.7 Å². The van der Waals surface area contributed by atoms with E-state index in [0.717, 1.165) is 18.4 Å². The Bertz CT molecular complexity index is 558. The van der Waals surface area contributed by atoms with Crippen LogP contribution in [0.3, 0.4) is 0 Å². The molecule has 5 heteroatoms. The molecular formula is C15H19NO4. The van der Waals surface area contributed by atoms with E-state index in [1.165, 1.54) is 0 Å². The summed E-state index contributed by atoms with van der Waals surface area (Å²) < 4.78 is 5.46. The molecule has 0 unspecified atom stereocenters. The zero-order valence-corrected chi connectivity index (χ0v) is 11.8. The van der Waals surface area contributed by atoms with E-state index in [1.807, 2.05) is 13.0 Å². The van der Waals surface area contributed by atoms with Crippen molar-refractivity contribution in [3.63, 3.8) is 0 Å². The quantitative estimate of drug-likeness (QED) is 0.918. The fourth-order valence-corrected chi connectivity index (χ4v) is 3.26. The molecule has 1 N–H and O–H groups in total. The number of amides is 1. The zero-order chi connectivity index (χ0) is 14.4. The minimum Gasteiger partial charge on any atom is -0.481 e. The van der Waals surface area contributed by atoms with Crippen molar-refractivity contribution >= 4 is 11.9 Å². The molecule has 1 aromatic heterocycles. The highest BCUT2D eigenvalue weighted by atomic mass is 16.4. The lowest BCUT2D eigenvalue weighted by molar-refractivity contribution is -0.142. The number of nitrogens with zero attached hydrogens (tertiary/aromatic N) is 1. The van der Waals surface area contributed by atoms with E-state index in [9.17, 15) is 14.7 Å². The number of hydrogen-bond donors (Lipinski definition) is 1. The highest BCUT2D eigenvalue weighted by Gasteiger charge is 2.47. The molecule has 0 bridgehead atoms. The van der Waals surface area contributed by atoms with Crippen LogP contribution in [0, 0.1) is 31.6 Å². The summed E-state index contributed by atoms with van der Waals surface area (Å²) in [5, 5.41) is 9.33. The number of carboxylic acids is 1. The minimum atomic E-state index is -0.787. The third-order valence-electron chi connectivity index (χ3n) is 4.43. The van der Waals surface area contributed by atoms with Crippen molar-refractivity contribution in [2.75, 3.05) is 13.1 Å². The van der Waals surface area contributed by atoms with Crippen LogP contribution in [-0.4, -0.2) is 35.0 Å². The topological polar surface area (TPSA) is 70.8 Å². The van der Waals surface area contributed by atoms with Crippen LogP contribution in [-0.2, 0) is 4.79 Å². The summed E-state index contributed by atoms with van der Waals surface area (Å²) in [6.45, 7) is 4.49. The normalized spacial score (nSPS) is 26.0. The molecule has 2 fully saturated rings. The zero-order valence-electron chi connectivity index (χ0n) is 11.8. The molecule has 2 heterocycles. The first-order valence-electron chi connectivity index (χ1n) is 7.06. The van der Waals surface area contributed by atoms with E-state index in [2.05, 4.69) is 0 Å². The third-order valence-corrected chi connectivity index (χ3v) is 4.43. The molecule has 108 valence electrons. The standard InChI is InChI=1S/C15H19NO4/c1-8-5-9(2)20-13(8)14(17)16-6-11(10-3-4-10)12(7-16)15(18)19/h5,10-12H,3-4,6-7H2,1-2H3,(H,18,19)/t11-,12+/m1/s1. The van der Waals surface area contributed by atoms with Gasteiger partial charge in [0.2, 0.25) is 0 Å². The first-order chi connectivity index (χ1) is 9.47. The van der Waals surface area contributed by atoms with Crippen molar-refractivity contribution in [3.8, 4) is 0 Å². The Morgan fingerprint density at radius 1 is 1.30 bits per heavy atom. The molecule has 2 aliphatic rings. The summed E-state index contributed by atoms with van der Waals surface area (Å²) in [5.41, 5.74) is 0.814. The molecule has 1 saturated heterocycles. The largest absolute Gasteiger partial charge is 0.481 e. The number of carbonyl (C=O) groups excluding carboxylic acids is 1. The van der Waals surface area contributed by atoms with E-state index >= 15 is 0 Å². The number of carbonyl (C=O) groups is 2. The summed E-state index contributed by atoms with van der Waals surface area (Å²) in [5.74, 6) is 0.250. The van der Waals surface area contributed by atoms with Crippen molar-refractivity contribution < 1.29 is 19.1 Å². The summed E-state index contributed by atoms with van der Waals surface area (Å²) in [6, 6.07) is 1.83. The van der Waals surface area contributed by atoms with E-state index in [1.54, 1.807) is 11.8 Å². The first-order valence-corrected chi connectivity index (χ1v) is 7.06. The number of carboxylic acid groups (broad SMARTS) is 1. The first kappa shape index (κ1) is 13.2. The smallest absolute Gasteiger partial charge is 0.308 e. The molecule has 1 saturated carbocycles. The molecule has 0 radical (unpaired) electrons. The molecule has 1 aliphatic carbocycles. The number of aliphatic carboxylic acids is 1. The predicted octanol–water partition coefficient (Wildman–Crippen LogP) is 2.08.